The second-order valence-corrected chi connectivity index (χ2v) is 6.08. The van der Waals surface area contributed by atoms with E-state index in [1.165, 1.54) is 9.99 Å². The van der Waals surface area contributed by atoms with Crippen LogP contribution in [0.2, 0.25) is 0 Å². The lowest BCUT2D eigenvalue weighted by molar-refractivity contribution is -0.163. The first-order valence-electron chi connectivity index (χ1n) is 7.04. The maximum atomic E-state index is 5.74. The lowest BCUT2D eigenvalue weighted by Gasteiger charge is -2.22. The summed E-state index contributed by atoms with van der Waals surface area (Å²) in [6, 6.07) is 2.01. The number of ether oxygens (including phenoxy) is 2. The molecule has 1 saturated heterocycles. The standard InChI is InChI=1S/C14H18IN3O2/c15-11-5-6-16-12-10-17-18(14(11)12)7-3-9-20-13-4-1-2-8-19-13/h5-6,10,13H,1-4,7-9H2. The summed E-state index contributed by atoms with van der Waals surface area (Å²) < 4.78 is 14.5. The Kier molecular flexibility index (Phi) is 4.85. The van der Waals surface area contributed by atoms with Crippen LogP contribution in [0, 0.1) is 3.57 Å². The van der Waals surface area contributed by atoms with Crippen LogP contribution < -0.4 is 0 Å². The van der Waals surface area contributed by atoms with Gasteiger partial charge in [-0.1, -0.05) is 0 Å². The Hall–Kier alpha value is -0.730. The normalized spacial score (nSPS) is 19.6. The molecule has 1 unspecified atom stereocenters. The second-order valence-electron chi connectivity index (χ2n) is 4.91. The van der Waals surface area contributed by atoms with E-state index in [1.54, 1.807) is 0 Å². The number of aromatic nitrogens is 3. The Labute approximate surface area is 131 Å². The molecule has 3 heterocycles. The fraction of sp³-hybridized carbons (Fsp3) is 0.571. The van der Waals surface area contributed by atoms with E-state index < -0.39 is 0 Å². The van der Waals surface area contributed by atoms with Crippen molar-refractivity contribution in [3.63, 3.8) is 0 Å². The highest BCUT2D eigenvalue weighted by Crippen LogP contribution is 2.18. The van der Waals surface area contributed by atoms with Crippen molar-refractivity contribution in [3.8, 4) is 0 Å². The zero-order chi connectivity index (χ0) is 13.8. The molecule has 3 rings (SSSR count). The van der Waals surface area contributed by atoms with Gasteiger partial charge in [-0.15, -0.1) is 0 Å². The summed E-state index contributed by atoms with van der Waals surface area (Å²) in [7, 11) is 0. The first-order valence-corrected chi connectivity index (χ1v) is 8.12. The van der Waals surface area contributed by atoms with E-state index in [4.69, 9.17) is 9.47 Å². The number of hydrogen-bond donors (Lipinski definition) is 0. The number of rotatable bonds is 5. The quantitative estimate of drug-likeness (QED) is 0.585. The molecule has 0 amide bonds. The molecule has 1 aliphatic heterocycles. The van der Waals surface area contributed by atoms with Crippen molar-refractivity contribution >= 4 is 33.6 Å². The Morgan fingerprint density at radius 3 is 3.25 bits per heavy atom. The van der Waals surface area contributed by atoms with Crippen molar-refractivity contribution in [2.24, 2.45) is 0 Å². The van der Waals surface area contributed by atoms with Gasteiger partial charge in [0.2, 0.25) is 0 Å². The van der Waals surface area contributed by atoms with Crippen molar-refractivity contribution in [3.05, 3.63) is 22.0 Å². The highest BCUT2D eigenvalue weighted by molar-refractivity contribution is 14.1. The molecule has 0 saturated carbocycles. The van der Waals surface area contributed by atoms with Crippen molar-refractivity contribution in [2.75, 3.05) is 13.2 Å². The maximum absolute atomic E-state index is 5.74. The van der Waals surface area contributed by atoms with Crippen molar-refractivity contribution in [2.45, 2.75) is 38.5 Å². The number of hydrogen-bond acceptors (Lipinski definition) is 4. The Bertz CT molecular complexity index is 567. The fourth-order valence-corrected chi connectivity index (χ4v) is 3.13. The molecule has 5 nitrogen and oxygen atoms in total. The SMILES string of the molecule is Ic1ccnc2cnn(CCCOC3CCCCO3)c12. The third kappa shape index (κ3) is 3.29. The second kappa shape index (κ2) is 6.82. The van der Waals surface area contributed by atoms with Crippen LogP contribution in [0.4, 0.5) is 0 Å². The van der Waals surface area contributed by atoms with Crippen LogP contribution in [0.25, 0.3) is 11.0 Å². The van der Waals surface area contributed by atoms with Gasteiger partial charge in [0.05, 0.1) is 12.8 Å². The largest absolute Gasteiger partial charge is 0.353 e. The van der Waals surface area contributed by atoms with Crippen LogP contribution in [-0.2, 0) is 16.0 Å². The van der Waals surface area contributed by atoms with Crippen LogP contribution in [0.1, 0.15) is 25.7 Å². The van der Waals surface area contributed by atoms with E-state index in [2.05, 4.69) is 32.7 Å². The zero-order valence-electron chi connectivity index (χ0n) is 11.3. The van der Waals surface area contributed by atoms with Gasteiger partial charge in [0.25, 0.3) is 0 Å². The van der Waals surface area contributed by atoms with Crippen molar-refractivity contribution in [1.82, 2.24) is 14.8 Å². The Morgan fingerprint density at radius 2 is 2.40 bits per heavy atom. The minimum Gasteiger partial charge on any atom is -0.353 e. The molecule has 1 atom stereocenters. The minimum absolute atomic E-state index is 0.0000756. The monoisotopic (exact) mass is 387 g/mol. The van der Waals surface area contributed by atoms with Gasteiger partial charge >= 0.3 is 0 Å². The highest BCUT2D eigenvalue weighted by Gasteiger charge is 2.13. The molecule has 0 N–H and O–H groups in total. The summed E-state index contributed by atoms with van der Waals surface area (Å²) in [5, 5.41) is 4.40. The zero-order valence-corrected chi connectivity index (χ0v) is 13.5. The Morgan fingerprint density at radius 1 is 1.45 bits per heavy atom. The fourth-order valence-electron chi connectivity index (χ4n) is 2.42. The first kappa shape index (κ1) is 14.2. The van der Waals surface area contributed by atoms with E-state index in [9.17, 15) is 0 Å². The molecular weight excluding hydrogens is 369 g/mol. The molecule has 1 aliphatic rings. The lowest BCUT2D eigenvalue weighted by Crippen LogP contribution is -2.23. The predicted molar refractivity (Wildman–Crippen MR) is 84.4 cm³/mol. The number of aryl methyl sites for hydroxylation is 1. The minimum atomic E-state index is -0.0000756. The molecule has 2 aromatic rings. The first-order chi connectivity index (χ1) is 9.84. The molecule has 0 spiro atoms. The molecular formula is C14H18IN3O2. The van der Waals surface area contributed by atoms with Gasteiger partial charge in [-0.3, -0.25) is 9.67 Å². The highest BCUT2D eigenvalue weighted by atomic mass is 127. The summed E-state index contributed by atoms with van der Waals surface area (Å²) in [5.74, 6) is 0. The topological polar surface area (TPSA) is 49.2 Å². The summed E-state index contributed by atoms with van der Waals surface area (Å²) in [5.41, 5.74) is 2.07. The van der Waals surface area contributed by atoms with Gasteiger partial charge in [0.15, 0.2) is 6.29 Å². The van der Waals surface area contributed by atoms with Gasteiger partial charge in [-0.25, -0.2) is 0 Å². The third-order valence-electron chi connectivity index (χ3n) is 3.44. The van der Waals surface area contributed by atoms with Gasteiger partial charge < -0.3 is 9.47 Å². The van der Waals surface area contributed by atoms with Gasteiger partial charge in [0, 0.05) is 22.9 Å². The summed E-state index contributed by atoms with van der Waals surface area (Å²) in [6.45, 7) is 2.39. The predicted octanol–water partition coefficient (Wildman–Crippen LogP) is 2.97. The van der Waals surface area contributed by atoms with Crippen LogP contribution in [0.15, 0.2) is 18.5 Å². The van der Waals surface area contributed by atoms with E-state index in [0.717, 1.165) is 43.4 Å². The Balaban J connectivity index is 1.52. The van der Waals surface area contributed by atoms with Crippen LogP contribution in [0.5, 0.6) is 0 Å². The van der Waals surface area contributed by atoms with E-state index in [0.29, 0.717) is 6.61 Å². The molecule has 6 heteroatoms. The lowest BCUT2D eigenvalue weighted by atomic mass is 10.2. The van der Waals surface area contributed by atoms with Crippen molar-refractivity contribution in [1.29, 1.82) is 0 Å². The number of pyridine rings is 1. The van der Waals surface area contributed by atoms with Crippen LogP contribution >= 0.6 is 22.6 Å². The average molecular weight is 387 g/mol. The molecule has 0 bridgehead atoms. The van der Waals surface area contributed by atoms with E-state index in [1.807, 2.05) is 23.1 Å². The van der Waals surface area contributed by atoms with Gasteiger partial charge in [0.1, 0.15) is 11.0 Å². The third-order valence-corrected chi connectivity index (χ3v) is 4.31. The average Bonchev–Trinajstić information content (AvgIpc) is 2.89. The number of nitrogens with zero attached hydrogens (tertiary/aromatic N) is 3. The molecule has 0 aliphatic carbocycles. The smallest absolute Gasteiger partial charge is 0.157 e. The molecule has 0 aromatic carbocycles. The molecule has 108 valence electrons. The van der Waals surface area contributed by atoms with Crippen LogP contribution in [-0.4, -0.2) is 34.3 Å². The number of fused-ring (bicyclic) bond motifs is 1. The summed E-state index contributed by atoms with van der Waals surface area (Å²) in [4.78, 5) is 4.32. The van der Waals surface area contributed by atoms with Gasteiger partial charge in [-0.05, 0) is 54.3 Å². The summed E-state index contributed by atoms with van der Waals surface area (Å²) in [6.07, 6.45) is 7.96. The molecule has 1 fully saturated rings. The molecule has 20 heavy (non-hydrogen) atoms. The molecule has 2 aromatic heterocycles. The molecule has 0 radical (unpaired) electrons. The van der Waals surface area contributed by atoms with Gasteiger partial charge in [-0.2, -0.15) is 5.10 Å². The maximum Gasteiger partial charge on any atom is 0.157 e. The summed E-state index contributed by atoms with van der Waals surface area (Å²) >= 11 is 2.32. The van der Waals surface area contributed by atoms with E-state index in [-0.39, 0.29) is 6.29 Å². The number of halogens is 1. The van der Waals surface area contributed by atoms with E-state index >= 15 is 0 Å². The van der Waals surface area contributed by atoms with Crippen LogP contribution in [0.3, 0.4) is 0 Å². The van der Waals surface area contributed by atoms with Crippen molar-refractivity contribution < 1.29 is 9.47 Å².